The molecule has 0 aromatic rings. The van der Waals surface area contributed by atoms with E-state index in [-0.39, 0.29) is 0 Å². The maximum absolute atomic E-state index is 12.4. The van der Waals surface area contributed by atoms with E-state index in [0.717, 1.165) is 51.4 Å². The average Bonchev–Trinajstić information content (AvgIpc) is 3.18. The van der Waals surface area contributed by atoms with Gasteiger partial charge in [0, 0.05) is 0 Å². The van der Waals surface area contributed by atoms with Gasteiger partial charge in [0.2, 0.25) is 5.91 Å². The summed E-state index contributed by atoms with van der Waals surface area (Å²) in [6.45, 7) is 3.92. The number of hydrogen-bond donors (Lipinski definition) is 5. The van der Waals surface area contributed by atoms with Gasteiger partial charge in [-0.25, -0.2) is 0 Å². The van der Waals surface area contributed by atoms with Gasteiger partial charge >= 0.3 is 0 Å². The Kier molecular flexibility index (Phi) is 42.0. The molecule has 0 fully saturated rings. The summed E-state index contributed by atoms with van der Waals surface area (Å²) >= 11 is 0. The first-order valence-electron chi connectivity index (χ1n) is 23.7. The summed E-state index contributed by atoms with van der Waals surface area (Å²) < 4.78 is 0. The molecular weight excluding hydrogens is 671 g/mol. The summed E-state index contributed by atoms with van der Waals surface area (Å²) in [4.78, 5) is 12.4. The van der Waals surface area contributed by atoms with Crippen LogP contribution in [0.2, 0.25) is 0 Å². The van der Waals surface area contributed by atoms with Crippen molar-refractivity contribution in [2.45, 2.75) is 269 Å². The lowest BCUT2D eigenvalue weighted by Gasteiger charge is -2.27. The molecule has 0 aromatic heterocycles. The van der Waals surface area contributed by atoms with E-state index in [1.54, 1.807) is 0 Å². The van der Waals surface area contributed by atoms with Crippen LogP contribution in [0.5, 0.6) is 0 Å². The van der Waals surface area contributed by atoms with E-state index in [2.05, 4.69) is 43.5 Å². The summed E-state index contributed by atoms with van der Waals surface area (Å²) in [5, 5.41) is 43.0. The fourth-order valence-corrected chi connectivity index (χ4v) is 7.38. The highest BCUT2D eigenvalue weighted by Gasteiger charge is 2.28. The Morgan fingerprint density at radius 3 is 1.19 bits per heavy atom. The highest BCUT2D eigenvalue weighted by atomic mass is 16.3. The van der Waals surface area contributed by atoms with Crippen LogP contribution in [0.4, 0.5) is 0 Å². The van der Waals surface area contributed by atoms with Crippen molar-refractivity contribution in [3.8, 4) is 0 Å². The number of carbonyl (C=O) groups excluding carboxylic acids is 1. The lowest BCUT2D eigenvalue weighted by Crippen LogP contribution is -2.53. The molecule has 0 aliphatic rings. The molecule has 0 aromatic carbocycles. The van der Waals surface area contributed by atoms with Crippen molar-refractivity contribution in [2.75, 3.05) is 6.61 Å². The number of hydrogen-bond acceptors (Lipinski definition) is 5. The van der Waals surface area contributed by atoms with Crippen molar-refractivity contribution in [2.24, 2.45) is 0 Å². The minimum Gasteiger partial charge on any atom is -0.394 e. The molecule has 0 saturated heterocycles. The van der Waals surface area contributed by atoms with Crippen LogP contribution in [-0.4, -0.2) is 57.3 Å². The summed E-state index contributed by atoms with van der Waals surface area (Å²) in [5.74, 6) is -0.590. The lowest BCUT2D eigenvalue weighted by molar-refractivity contribution is -0.132. The molecule has 6 nitrogen and oxygen atoms in total. The van der Waals surface area contributed by atoms with Crippen LogP contribution in [-0.2, 0) is 4.79 Å². The Balaban J connectivity index is 3.46. The zero-order chi connectivity index (χ0) is 39.6. The van der Waals surface area contributed by atoms with Gasteiger partial charge in [-0.3, -0.25) is 4.79 Å². The van der Waals surface area contributed by atoms with Crippen LogP contribution in [0.15, 0.2) is 24.3 Å². The van der Waals surface area contributed by atoms with Crippen molar-refractivity contribution in [1.29, 1.82) is 0 Å². The first-order valence-corrected chi connectivity index (χ1v) is 23.7. The Hall–Kier alpha value is -1.21. The fourth-order valence-electron chi connectivity index (χ4n) is 7.38. The second kappa shape index (κ2) is 42.9. The van der Waals surface area contributed by atoms with Crippen molar-refractivity contribution >= 4 is 5.91 Å². The smallest absolute Gasteiger partial charge is 0.249 e. The molecule has 0 bridgehead atoms. The lowest BCUT2D eigenvalue weighted by atomic mass is 9.99. The fraction of sp³-hybridized carbons (Fsp3) is 0.896. The highest BCUT2D eigenvalue weighted by molar-refractivity contribution is 5.80. The molecule has 0 aliphatic carbocycles. The quantitative estimate of drug-likeness (QED) is 0.0314. The van der Waals surface area contributed by atoms with E-state index in [1.165, 1.54) is 167 Å². The number of amides is 1. The van der Waals surface area contributed by atoms with E-state index in [0.29, 0.717) is 12.8 Å². The second-order valence-corrected chi connectivity index (χ2v) is 16.5. The molecule has 54 heavy (non-hydrogen) atoms. The van der Waals surface area contributed by atoms with Gasteiger partial charge in [0.05, 0.1) is 18.8 Å². The van der Waals surface area contributed by atoms with E-state index in [4.69, 9.17) is 0 Å². The third-order valence-corrected chi connectivity index (χ3v) is 11.2. The Labute approximate surface area is 335 Å². The number of aliphatic hydroxyl groups excluding tert-OH is 4. The molecule has 0 aliphatic heterocycles. The van der Waals surface area contributed by atoms with Gasteiger partial charge in [-0.05, 0) is 44.9 Å². The largest absolute Gasteiger partial charge is 0.394 e. The first-order chi connectivity index (χ1) is 26.5. The van der Waals surface area contributed by atoms with E-state index in [9.17, 15) is 25.2 Å². The van der Waals surface area contributed by atoms with Crippen LogP contribution < -0.4 is 5.32 Å². The molecule has 0 spiro atoms. The molecule has 320 valence electrons. The minimum absolute atomic E-state index is 0.370. The summed E-state index contributed by atoms with van der Waals surface area (Å²) in [7, 11) is 0. The maximum atomic E-state index is 12.4. The van der Waals surface area contributed by atoms with E-state index in [1.807, 2.05) is 0 Å². The van der Waals surface area contributed by atoms with Crippen molar-refractivity contribution in [3.63, 3.8) is 0 Å². The normalized spacial score (nSPS) is 14.3. The number of rotatable bonds is 43. The van der Waals surface area contributed by atoms with Gasteiger partial charge in [-0.1, -0.05) is 224 Å². The summed E-state index contributed by atoms with van der Waals surface area (Å²) in [5.41, 5.74) is 0. The van der Waals surface area contributed by atoms with Gasteiger partial charge in [-0.15, -0.1) is 0 Å². The van der Waals surface area contributed by atoms with Crippen molar-refractivity contribution in [1.82, 2.24) is 5.32 Å². The maximum Gasteiger partial charge on any atom is 0.249 e. The summed E-state index contributed by atoms with van der Waals surface area (Å²) in [6, 6.07) is -0.979. The van der Waals surface area contributed by atoms with Crippen molar-refractivity contribution < 1.29 is 25.2 Å². The molecule has 4 unspecified atom stereocenters. The van der Waals surface area contributed by atoms with Gasteiger partial charge in [-0.2, -0.15) is 0 Å². The van der Waals surface area contributed by atoms with Gasteiger partial charge in [0.1, 0.15) is 12.2 Å². The van der Waals surface area contributed by atoms with Crippen LogP contribution in [0.1, 0.15) is 245 Å². The molecule has 5 N–H and O–H groups in total. The van der Waals surface area contributed by atoms with Crippen LogP contribution in [0.3, 0.4) is 0 Å². The van der Waals surface area contributed by atoms with Gasteiger partial charge in [0.25, 0.3) is 0 Å². The molecule has 1 amide bonds. The number of allylic oxidation sites excluding steroid dienone is 4. The monoisotopic (exact) mass is 764 g/mol. The summed E-state index contributed by atoms with van der Waals surface area (Å²) in [6.07, 6.45) is 50.3. The minimum atomic E-state index is -1.25. The van der Waals surface area contributed by atoms with Crippen LogP contribution >= 0.6 is 0 Å². The Morgan fingerprint density at radius 1 is 0.463 bits per heavy atom. The number of nitrogens with one attached hydrogen (secondary N) is 1. The predicted octanol–water partition coefficient (Wildman–Crippen LogP) is 12.7. The predicted molar refractivity (Wildman–Crippen MR) is 233 cm³/mol. The third-order valence-electron chi connectivity index (χ3n) is 11.2. The standard InChI is InChI=1S/C48H93NO5/c1-3-5-7-9-10-11-12-13-14-15-16-17-18-19-20-21-22-23-24-25-26-27-28-29-30-31-32-33-34-35-36-37-38-40-42-46(52)48(54)49-44(43-50)47(53)45(51)41-39-8-6-4-2/h18-19,21-22,44-47,50-53H,3-17,20,23-43H2,1-2H3,(H,49,54)/b19-18-,22-21-. The van der Waals surface area contributed by atoms with Crippen LogP contribution in [0.25, 0.3) is 0 Å². The topological polar surface area (TPSA) is 110 Å². The van der Waals surface area contributed by atoms with Gasteiger partial charge in [0.15, 0.2) is 0 Å². The number of aliphatic hydroxyl groups is 4. The van der Waals surface area contributed by atoms with E-state index >= 15 is 0 Å². The highest BCUT2D eigenvalue weighted by Crippen LogP contribution is 2.16. The molecule has 0 radical (unpaired) electrons. The Bertz CT molecular complexity index is 817. The van der Waals surface area contributed by atoms with Crippen molar-refractivity contribution in [3.05, 3.63) is 24.3 Å². The van der Waals surface area contributed by atoms with Crippen LogP contribution in [0, 0.1) is 0 Å². The zero-order valence-corrected chi connectivity index (χ0v) is 36.0. The molecule has 4 atom stereocenters. The first kappa shape index (κ1) is 52.8. The molecule has 0 saturated carbocycles. The molecule has 0 heterocycles. The number of carbonyl (C=O) groups is 1. The molecule has 6 heteroatoms. The zero-order valence-electron chi connectivity index (χ0n) is 36.0. The molecule has 0 rings (SSSR count). The van der Waals surface area contributed by atoms with Gasteiger partial charge < -0.3 is 25.7 Å². The number of unbranched alkanes of at least 4 members (excludes halogenated alkanes) is 30. The third kappa shape index (κ3) is 36.4. The Morgan fingerprint density at radius 2 is 0.796 bits per heavy atom. The van der Waals surface area contributed by atoms with E-state index < -0.39 is 36.9 Å². The SMILES string of the molecule is CCCCCCCCCCCCC/C=C\C/C=C\CCCCCCCCCCCCCCCCCCC(O)C(=O)NC(CO)C(O)C(O)CCCCCC. The molecular formula is C48H93NO5. The second-order valence-electron chi connectivity index (χ2n) is 16.5. The average molecular weight is 764 g/mol.